The summed E-state index contributed by atoms with van der Waals surface area (Å²) >= 11 is 0. The molecule has 0 spiro atoms. The average molecular weight is 335 g/mol. The van der Waals surface area contributed by atoms with Gasteiger partial charge in [0.2, 0.25) is 0 Å². The van der Waals surface area contributed by atoms with Crippen molar-refractivity contribution in [1.82, 2.24) is 9.80 Å². The van der Waals surface area contributed by atoms with Gasteiger partial charge >= 0.3 is 0 Å². The number of hydrogen-bond donors (Lipinski definition) is 1. The Bertz CT molecular complexity index is 728. The lowest BCUT2D eigenvalue weighted by atomic mass is 10.1. The van der Waals surface area contributed by atoms with Crippen molar-refractivity contribution in [3.63, 3.8) is 0 Å². The molecule has 1 heterocycles. The van der Waals surface area contributed by atoms with E-state index < -0.39 is 6.10 Å². The highest BCUT2D eigenvalue weighted by Crippen LogP contribution is 2.17. The first-order valence-electron chi connectivity index (χ1n) is 8.82. The second kappa shape index (κ2) is 8.26. The van der Waals surface area contributed by atoms with Crippen LogP contribution in [-0.2, 0) is 6.54 Å². The summed E-state index contributed by atoms with van der Waals surface area (Å²) in [6, 6.07) is 18.0. The third kappa shape index (κ3) is 4.90. The van der Waals surface area contributed by atoms with E-state index >= 15 is 0 Å². The molecule has 0 aromatic heterocycles. The monoisotopic (exact) mass is 335 g/mol. The van der Waals surface area contributed by atoms with Crippen molar-refractivity contribution in [2.45, 2.75) is 19.6 Å². The molecule has 1 saturated heterocycles. The van der Waals surface area contributed by atoms with Crippen LogP contribution in [0.15, 0.2) is 48.5 Å². The highest BCUT2D eigenvalue weighted by Gasteiger charge is 2.20. The number of aliphatic hydroxyl groups excluding tert-OH is 1. The van der Waals surface area contributed by atoms with Gasteiger partial charge in [0.1, 0.15) is 0 Å². The van der Waals surface area contributed by atoms with Gasteiger partial charge in [-0.3, -0.25) is 9.80 Å². The van der Waals surface area contributed by atoms with E-state index in [1.807, 2.05) is 12.1 Å². The Balaban J connectivity index is 1.47. The number of benzene rings is 2. The molecule has 1 atom stereocenters. The summed E-state index contributed by atoms with van der Waals surface area (Å²) in [4.78, 5) is 4.79. The van der Waals surface area contributed by atoms with Gasteiger partial charge in [0.15, 0.2) is 0 Å². The minimum Gasteiger partial charge on any atom is -0.387 e. The van der Waals surface area contributed by atoms with Crippen LogP contribution in [0.2, 0.25) is 0 Å². The summed E-state index contributed by atoms with van der Waals surface area (Å²) < 4.78 is 0. The van der Waals surface area contributed by atoms with Gasteiger partial charge < -0.3 is 5.11 Å². The zero-order valence-electron chi connectivity index (χ0n) is 14.7. The number of nitrogens with zero attached hydrogens (tertiary/aromatic N) is 3. The molecule has 3 rings (SSSR count). The Kier molecular flexibility index (Phi) is 5.83. The lowest BCUT2D eigenvalue weighted by Crippen LogP contribution is -2.47. The molecule has 130 valence electrons. The Labute approximate surface area is 149 Å². The van der Waals surface area contributed by atoms with Crippen molar-refractivity contribution >= 4 is 0 Å². The van der Waals surface area contributed by atoms with E-state index in [-0.39, 0.29) is 0 Å². The smallest absolute Gasteiger partial charge is 0.0991 e. The molecule has 1 aliphatic rings. The number of β-amino-alcohol motifs (C(OH)–C–C–N with tert-alkyl or cyclic N) is 1. The van der Waals surface area contributed by atoms with Crippen LogP contribution in [0.25, 0.3) is 0 Å². The molecule has 2 aromatic carbocycles. The molecular weight excluding hydrogens is 310 g/mol. The zero-order valence-corrected chi connectivity index (χ0v) is 14.7. The van der Waals surface area contributed by atoms with Crippen LogP contribution in [0.4, 0.5) is 0 Å². The maximum Gasteiger partial charge on any atom is 0.0991 e. The second-order valence-electron chi connectivity index (χ2n) is 6.82. The van der Waals surface area contributed by atoms with E-state index in [1.54, 1.807) is 12.1 Å². The molecule has 1 aliphatic heterocycles. The molecule has 0 saturated carbocycles. The predicted octanol–water partition coefficient (Wildman–Crippen LogP) is 2.72. The fourth-order valence-corrected chi connectivity index (χ4v) is 3.33. The normalized spacial score (nSPS) is 17.2. The predicted molar refractivity (Wildman–Crippen MR) is 99.0 cm³/mol. The van der Waals surface area contributed by atoms with Gasteiger partial charge in [-0.25, -0.2) is 0 Å². The molecule has 1 fully saturated rings. The van der Waals surface area contributed by atoms with Crippen molar-refractivity contribution in [2.24, 2.45) is 0 Å². The number of nitriles is 1. The third-order valence-electron chi connectivity index (χ3n) is 4.81. The largest absolute Gasteiger partial charge is 0.387 e. The fraction of sp³-hybridized carbons (Fsp3) is 0.381. The van der Waals surface area contributed by atoms with Gasteiger partial charge in [-0.2, -0.15) is 5.26 Å². The lowest BCUT2D eigenvalue weighted by molar-refractivity contribution is 0.0701. The van der Waals surface area contributed by atoms with Crippen molar-refractivity contribution in [1.29, 1.82) is 5.26 Å². The van der Waals surface area contributed by atoms with Gasteiger partial charge in [-0.05, 0) is 30.2 Å². The van der Waals surface area contributed by atoms with Crippen molar-refractivity contribution < 1.29 is 5.11 Å². The van der Waals surface area contributed by atoms with E-state index in [1.165, 1.54) is 11.1 Å². The van der Waals surface area contributed by atoms with Crippen LogP contribution in [0.3, 0.4) is 0 Å². The molecule has 25 heavy (non-hydrogen) atoms. The summed E-state index contributed by atoms with van der Waals surface area (Å²) in [6.07, 6.45) is -0.504. The lowest BCUT2D eigenvalue weighted by Gasteiger charge is -2.35. The number of aliphatic hydroxyl groups is 1. The quantitative estimate of drug-likeness (QED) is 0.913. The average Bonchev–Trinajstić information content (AvgIpc) is 2.63. The Morgan fingerprint density at radius 2 is 1.72 bits per heavy atom. The first-order valence-corrected chi connectivity index (χ1v) is 8.82. The van der Waals surface area contributed by atoms with E-state index in [0.717, 1.165) is 38.3 Å². The Hall–Kier alpha value is -2.19. The molecule has 0 aliphatic carbocycles. The van der Waals surface area contributed by atoms with Crippen molar-refractivity contribution in [3.05, 3.63) is 70.8 Å². The first-order chi connectivity index (χ1) is 12.1. The van der Waals surface area contributed by atoms with Gasteiger partial charge in [-0.15, -0.1) is 0 Å². The highest BCUT2D eigenvalue weighted by molar-refractivity contribution is 5.32. The third-order valence-corrected chi connectivity index (χ3v) is 4.81. The molecule has 1 N–H and O–H groups in total. The van der Waals surface area contributed by atoms with Crippen LogP contribution in [-0.4, -0.2) is 47.6 Å². The highest BCUT2D eigenvalue weighted by atomic mass is 16.3. The van der Waals surface area contributed by atoms with Crippen LogP contribution in [0, 0.1) is 18.3 Å². The Morgan fingerprint density at radius 1 is 1.04 bits per heavy atom. The van der Waals surface area contributed by atoms with E-state index in [2.05, 4.69) is 47.1 Å². The minimum absolute atomic E-state index is 0.504. The molecular formula is C21H25N3O. The summed E-state index contributed by atoms with van der Waals surface area (Å²) in [7, 11) is 0. The molecule has 0 amide bonds. The van der Waals surface area contributed by atoms with Gasteiger partial charge in [0, 0.05) is 39.3 Å². The first kappa shape index (κ1) is 17.6. The Morgan fingerprint density at radius 3 is 2.36 bits per heavy atom. The maximum absolute atomic E-state index is 10.4. The summed E-state index contributed by atoms with van der Waals surface area (Å²) in [5, 5.41) is 19.3. The number of aryl methyl sites for hydroxylation is 1. The molecule has 2 aromatic rings. The van der Waals surface area contributed by atoms with Crippen LogP contribution in [0.1, 0.15) is 28.4 Å². The van der Waals surface area contributed by atoms with Gasteiger partial charge in [-0.1, -0.05) is 42.0 Å². The summed E-state index contributed by atoms with van der Waals surface area (Å²) in [5.74, 6) is 0. The van der Waals surface area contributed by atoms with Gasteiger partial charge in [0.05, 0.1) is 17.7 Å². The molecule has 4 heteroatoms. The zero-order chi connectivity index (χ0) is 17.6. The van der Waals surface area contributed by atoms with E-state index in [4.69, 9.17) is 5.26 Å². The van der Waals surface area contributed by atoms with Crippen LogP contribution in [0.5, 0.6) is 0 Å². The van der Waals surface area contributed by atoms with E-state index in [0.29, 0.717) is 12.1 Å². The molecule has 0 radical (unpaired) electrons. The molecule has 0 bridgehead atoms. The summed E-state index contributed by atoms with van der Waals surface area (Å²) in [6.45, 7) is 7.75. The van der Waals surface area contributed by atoms with E-state index in [9.17, 15) is 5.11 Å². The van der Waals surface area contributed by atoms with Gasteiger partial charge in [0.25, 0.3) is 0 Å². The standard InChI is InChI=1S/C21H25N3O/c1-17-3-2-4-19(13-17)15-23-9-11-24(12-10-23)16-21(25)20-7-5-18(14-22)6-8-20/h2-8,13,21,25H,9-12,15-16H2,1H3. The number of rotatable bonds is 5. The number of piperazine rings is 1. The van der Waals surface area contributed by atoms with Crippen molar-refractivity contribution in [2.75, 3.05) is 32.7 Å². The van der Waals surface area contributed by atoms with Crippen LogP contribution >= 0.6 is 0 Å². The topological polar surface area (TPSA) is 50.5 Å². The minimum atomic E-state index is -0.504. The van der Waals surface area contributed by atoms with Crippen LogP contribution < -0.4 is 0 Å². The summed E-state index contributed by atoms with van der Waals surface area (Å²) in [5.41, 5.74) is 4.18. The number of hydrogen-bond acceptors (Lipinski definition) is 4. The maximum atomic E-state index is 10.4. The fourth-order valence-electron chi connectivity index (χ4n) is 3.33. The molecule has 1 unspecified atom stereocenters. The second-order valence-corrected chi connectivity index (χ2v) is 6.82. The molecule has 4 nitrogen and oxygen atoms in total. The van der Waals surface area contributed by atoms with Crippen molar-refractivity contribution in [3.8, 4) is 6.07 Å². The SMILES string of the molecule is Cc1cccc(CN2CCN(CC(O)c3ccc(C#N)cc3)CC2)c1.